The Kier molecular flexibility index (Phi) is 3.00. The third kappa shape index (κ3) is 2.23. The van der Waals surface area contributed by atoms with Crippen LogP contribution in [0.2, 0.25) is 0 Å². The van der Waals surface area contributed by atoms with Crippen molar-refractivity contribution < 1.29 is 9.84 Å². The zero-order valence-corrected chi connectivity index (χ0v) is 10.4. The lowest BCUT2D eigenvalue weighted by molar-refractivity contribution is 0.280. The van der Waals surface area contributed by atoms with Gasteiger partial charge in [0.1, 0.15) is 12.4 Å². The summed E-state index contributed by atoms with van der Waals surface area (Å²) in [7, 11) is 0. The summed E-state index contributed by atoms with van der Waals surface area (Å²) in [4.78, 5) is 5.41. The SMILES string of the molecule is OCc1ccc(OCc2cn3ccsc3n2)cc1. The van der Waals surface area contributed by atoms with E-state index in [9.17, 15) is 0 Å². The Morgan fingerprint density at radius 1 is 1.28 bits per heavy atom. The van der Waals surface area contributed by atoms with Gasteiger partial charge in [-0.3, -0.25) is 4.40 Å². The molecule has 18 heavy (non-hydrogen) atoms. The van der Waals surface area contributed by atoms with Crippen LogP contribution in [-0.2, 0) is 13.2 Å². The Bertz CT molecular complexity index is 614. The number of nitrogens with zero attached hydrogens (tertiary/aromatic N) is 2. The summed E-state index contributed by atoms with van der Waals surface area (Å²) in [6.07, 6.45) is 3.94. The van der Waals surface area contributed by atoms with Crippen molar-refractivity contribution in [3.8, 4) is 5.75 Å². The number of aliphatic hydroxyl groups is 1. The minimum Gasteiger partial charge on any atom is -0.487 e. The second-order valence-electron chi connectivity index (χ2n) is 3.92. The molecule has 0 amide bonds. The molecule has 0 saturated heterocycles. The molecule has 0 radical (unpaired) electrons. The molecule has 0 fully saturated rings. The van der Waals surface area contributed by atoms with Crippen molar-refractivity contribution in [1.82, 2.24) is 9.38 Å². The number of imidazole rings is 1. The topological polar surface area (TPSA) is 46.8 Å². The molecule has 0 aliphatic rings. The fourth-order valence-corrected chi connectivity index (χ4v) is 2.41. The average molecular weight is 260 g/mol. The second-order valence-corrected chi connectivity index (χ2v) is 4.79. The Morgan fingerprint density at radius 2 is 2.11 bits per heavy atom. The van der Waals surface area contributed by atoms with E-state index in [1.807, 2.05) is 46.4 Å². The molecule has 0 spiro atoms. The summed E-state index contributed by atoms with van der Waals surface area (Å²) in [6.45, 7) is 0.504. The molecule has 3 aromatic rings. The van der Waals surface area contributed by atoms with Crippen LogP contribution >= 0.6 is 11.3 Å². The smallest absolute Gasteiger partial charge is 0.193 e. The number of aliphatic hydroxyl groups excluding tert-OH is 1. The molecule has 5 heteroatoms. The first-order chi connectivity index (χ1) is 8.85. The van der Waals surface area contributed by atoms with Crippen LogP contribution in [0.5, 0.6) is 5.75 Å². The molecular formula is C13H12N2O2S. The van der Waals surface area contributed by atoms with Gasteiger partial charge < -0.3 is 9.84 Å². The lowest BCUT2D eigenvalue weighted by Crippen LogP contribution is -1.95. The van der Waals surface area contributed by atoms with Crippen LogP contribution in [0.25, 0.3) is 4.96 Å². The number of benzene rings is 1. The van der Waals surface area contributed by atoms with Gasteiger partial charge in [-0.05, 0) is 17.7 Å². The first-order valence-electron chi connectivity index (χ1n) is 5.59. The maximum atomic E-state index is 8.94. The lowest BCUT2D eigenvalue weighted by Gasteiger charge is -2.04. The fourth-order valence-electron chi connectivity index (χ4n) is 1.69. The van der Waals surface area contributed by atoms with Crippen LogP contribution in [0.4, 0.5) is 0 Å². The van der Waals surface area contributed by atoms with Crippen molar-refractivity contribution in [1.29, 1.82) is 0 Å². The van der Waals surface area contributed by atoms with Crippen molar-refractivity contribution in [2.75, 3.05) is 0 Å². The average Bonchev–Trinajstić information content (AvgIpc) is 2.97. The van der Waals surface area contributed by atoms with Gasteiger partial charge in [0, 0.05) is 17.8 Å². The van der Waals surface area contributed by atoms with Crippen molar-refractivity contribution >= 4 is 16.3 Å². The third-order valence-corrected chi connectivity index (χ3v) is 3.41. The molecule has 1 aromatic carbocycles. The summed E-state index contributed by atoms with van der Waals surface area (Å²) >= 11 is 1.60. The summed E-state index contributed by atoms with van der Waals surface area (Å²) < 4.78 is 7.62. The van der Waals surface area contributed by atoms with E-state index in [4.69, 9.17) is 9.84 Å². The van der Waals surface area contributed by atoms with Gasteiger partial charge >= 0.3 is 0 Å². The molecule has 0 bridgehead atoms. The highest BCUT2D eigenvalue weighted by atomic mass is 32.1. The minimum absolute atomic E-state index is 0.0532. The van der Waals surface area contributed by atoms with E-state index in [1.54, 1.807) is 11.3 Å². The van der Waals surface area contributed by atoms with Gasteiger partial charge in [-0.2, -0.15) is 0 Å². The molecule has 4 nitrogen and oxygen atoms in total. The number of ether oxygens (including phenoxy) is 1. The number of rotatable bonds is 4. The molecule has 0 unspecified atom stereocenters. The molecule has 0 saturated carbocycles. The molecule has 2 heterocycles. The van der Waals surface area contributed by atoms with E-state index < -0.39 is 0 Å². The molecular weight excluding hydrogens is 248 g/mol. The molecule has 0 aliphatic carbocycles. The first-order valence-corrected chi connectivity index (χ1v) is 6.47. The summed E-state index contributed by atoms with van der Waals surface area (Å²) in [5, 5.41) is 10.9. The van der Waals surface area contributed by atoms with Crippen LogP contribution in [0.15, 0.2) is 42.0 Å². The standard InChI is InChI=1S/C13H12N2O2S/c16-8-10-1-3-12(4-2-10)17-9-11-7-15-5-6-18-13(15)14-11/h1-7,16H,8-9H2. The molecule has 3 rings (SSSR count). The monoisotopic (exact) mass is 260 g/mol. The number of hydrogen-bond donors (Lipinski definition) is 1. The van der Waals surface area contributed by atoms with E-state index in [0.29, 0.717) is 6.61 Å². The predicted molar refractivity (Wildman–Crippen MR) is 69.8 cm³/mol. The fraction of sp³-hybridized carbons (Fsp3) is 0.154. The van der Waals surface area contributed by atoms with Crippen LogP contribution in [0, 0.1) is 0 Å². The van der Waals surface area contributed by atoms with E-state index in [0.717, 1.165) is 22.0 Å². The quantitative estimate of drug-likeness (QED) is 0.784. The van der Waals surface area contributed by atoms with Gasteiger partial charge in [0.2, 0.25) is 0 Å². The van der Waals surface area contributed by atoms with E-state index in [2.05, 4.69) is 4.98 Å². The van der Waals surface area contributed by atoms with Crippen LogP contribution in [0.1, 0.15) is 11.3 Å². The zero-order chi connectivity index (χ0) is 12.4. The van der Waals surface area contributed by atoms with Gasteiger partial charge in [-0.25, -0.2) is 4.98 Å². The predicted octanol–water partition coefficient (Wildman–Crippen LogP) is 2.47. The van der Waals surface area contributed by atoms with Crippen LogP contribution < -0.4 is 4.74 Å². The van der Waals surface area contributed by atoms with Gasteiger partial charge in [-0.1, -0.05) is 12.1 Å². The summed E-state index contributed by atoms with van der Waals surface area (Å²) in [5.74, 6) is 0.781. The highest BCUT2D eigenvalue weighted by Crippen LogP contribution is 2.16. The first kappa shape index (κ1) is 11.3. The summed E-state index contributed by atoms with van der Waals surface area (Å²) in [6, 6.07) is 7.40. The molecule has 0 aliphatic heterocycles. The highest BCUT2D eigenvalue weighted by Gasteiger charge is 2.03. The number of fused-ring (bicyclic) bond motifs is 1. The van der Waals surface area contributed by atoms with Crippen molar-refractivity contribution in [2.45, 2.75) is 13.2 Å². The zero-order valence-electron chi connectivity index (χ0n) is 9.61. The Hall–Kier alpha value is -1.85. The maximum absolute atomic E-state index is 8.94. The summed E-state index contributed by atoms with van der Waals surface area (Å²) in [5.41, 5.74) is 1.79. The van der Waals surface area contributed by atoms with Crippen molar-refractivity contribution in [2.24, 2.45) is 0 Å². The highest BCUT2D eigenvalue weighted by molar-refractivity contribution is 7.15. The number of hydrogen-bond acceptors (Lipinski definition) is 4. The Balaban J connectivity index is 1.68. The molecule has 1 N–H and O–H groups in total. The van der Waals surface area contributed by atoms with Crippen molar-refractivity contribution in [3.63, 3.8) is 0 Å². The second kappa shape index (κ2) is 4.80. The van der Waals surface area contributed by atoms with Crippen molar-refractivity contribution in [3.05, 3.63) is 53.3 Å². The maximum Gasteiger partial charge on any atom is 0.193 e. The minimum atomic E-state index is 0.0532. The third-order valence-electron chi connectivity index (χ3n) is 2.64. The Labute approximate surface area is 108 Å². The largest absolute Gasteiger partial charge is 0.487 e. The van der Waals surface area contributed by atoms with Gasteiger partial charge in [0.05, 0.1) is 12.3 Å². The van der Waals surface area contributed by atoms with E-state index >= 15 is 0 Å². The molecule has 0 atom stereocenters. The van der Waals surface area contributed by atoms with Gasteiger partial charge in [0.25, 0.3) is 0 Å². The lowest BCUT2D eigenvalue weighted by atomic mass is 10.2. The van der Waals surface area contributed by atoms with Crippen LogP contribution in [0.3, 0.4) is 0 Å². The van der Waals surface area contributed by atoms with Gasteiger partial charge in [0.15, 0.2) is 4.96 Å². The van der Waals surface area contributed by atoms with Crippen LogP contribution in [-0.4, -0.2) is 14.5 Å². The van der Waals surface area contributed by atoms with E-state index in [1.165, 1.54) is 0 Å². The van der Waals surface area contributed by atoms with E-state index in [-0.39, 0.29) is 6.61 Å². The number of thiazole rings is 1. The molecule has 2 aromatic heterocycles. The molecule has 92 valence electrons. The van der Waals surface area contributed by atoms with Gasteiger partial charge in [-0.15, -0.1) is 11.3 Å². The number of aromatic nitrogens is 2. The Morgan fingerprint density at radius 3 is 2.83 bits per heavy atom. The normalized spacial score (nSPS) is 10.9.